The average Bonchev–Trinajstić information content (AvgIpc) is 3.10. The van der Waals surface area contributed by atoms with Gasteiger partial charge in [-0.15, -0.1) is 0 Å². The lowest BCUT2D eigenvalue weighted by Gasteiger charge is -2.44. The molecule has 1 saturated carbocycles. The summed E-state index contributed by atoms with van der Waals surface area (Å²) in [5, 5.41) is 0. The van der Waals surface area contributed by atoms with Gasteiger partial charge in [-0.25, -0.2) is 4.98 Å². The van der Waals surface area contributed by atoms with Gasteiger partial charge in [0.15, 0.2) is 0 Å². The van der Waals surface area contributed by atoms with Gasteiger partial charge in [-0.2, -0.15) is 0 Å². The highest BCUT2D eigenvalue weighted by Gasteiger charge is 2.35. The molecule has 5 rings (SSSR count). The second kappa shape index (κ2) is 6.72. The summed E-state index contributed by atoms with van der Waals surface area (Å²) in [6, 6.07) is 10.9. The van der Waals surface area contributed by atoms with Crippen LogP contribution < -0.4 is 4.74 Å². The lowest BCUT2D eigenvalue weighted by Crippen LogP contribution is -2.50. The topological polar surface area (TPSA) is 54.0 Å². The molecule has 1 saturated heterocycles. The van der Waals surface area contributed by atoms with Gasteiger partial charge in [0.2, 0.25) is 0 Å². The maximum Gasteiger partial charge on any atom is 0.138 e. The van der Waals surface area contributed by atoms with Crippen molar-refractivity contribution in [1.29, 1.82) is 0 Å². The standard InChI is InChI=1S/C21H24N4O/c1-2-10-25(11-3-1)16-12-18(13-16)26-17-6-4-15(5-7-17)21-23-19-8-9-22-14-20(19)24-21/h4-9,14,16,18H,1-3,10-13H2,(H,23,24)/t16-,18-. The van der Waals surface area contributed by atoms with Crippen molar-refractivity contribution in [2.75, 3.05) is 13.1 Å². The Kier molecular flexibility index (Phi) is 4.09. The molecule has 3 heterocycles. The number of H-pyrrole nitrogens is 1. The van der Waals surface area contributed by atoms with E-state index in [9.17, 15) is 0 Å². The maximum atomic E-state index is 6.15. The van der Waals surface area contributed by atoms with Gasteiger partial charge in [0.05, 0.1) is 17.2 Å². The number of imidazole rings is 1. The van der Waals surface area contributed by atoms with Gasteiger partial charge in [0.25, 0.3) is 0 Å². The van der Waals surface area contributed by atoms with E-state index >= 15 is 0 Å². The first-order valence-electron chi connectivity index (χ1n) is 9.66. The van der Waals surface area contributed by atoms with Crippen LogP contribution in [-0.4, -0.2) is 45.1 Å². The van der Waals surface area contributed by atoms with Crippen LogP contribution in [0.25, 0.3) is 22.4 Å². The van der Waals surface area contributed by atoms with Crippen LogP contribution in [0.2, 0.25) is 0 Å². The molecule has 0 radical (unpaired) electrons. The zero-order valence-electron chi connectivity index (χ0n) is 14.9. The minimum atomic E-state index is 0.366. The average molecular weight is 348 g/mol. The molecule has 5 nitrogen and oxygen atoms in total. The number of piperidine rings is 1. The van der Waals surface area contributed by atoms with Crippen molar-refractivity contribution in [3.63, 3.8) is 0 Å². The van der Waals surface area contributed by atoms with E-state index in [1.165, 1.54) is 45.2 Å². The van der Waals surface area contributed by atoms with Crippen molar-refractivity contribution in [2.24, 2.45) is 0 Å². The van der Waals surface area contributed by atoms with Crippen molar-refractivity contribution in [3.8, 4) is 17.1 Å². The Hall–Kier alpha value is -2.40. The van der Waals surface area contributed by atoms with E-state index in [1.54, 1.807) is 12.4 Å². The van der Waals surface area contributed by atoms with E-state index in [1.807, 2.05) is 6.07 Å². The number of hydrogen-bond donors (Lipinski definition) is 1. The number of pyridine rings is 1. The first-order valence-corrected chi connectivity index (χ1v) is 9.66. The van der Waals surface area contributed by atoms with E-state index in [0.29, 0.717) is 6.10 Å². The fourth-order valence-electron chi connectivity index (χ4n) is 4.09. The Morgan fingerprint density at radius 3 is 2.58 bits per heavy atom. The molecular formula is C21H24N4O. The molecule has 0 unspecified atom stereocenters. The van der Waals surface area contributed by atoms with Crippen molar-refractivity contribution in [3.05, 3.63) is 42.7 Å². The predicted molar refractivity (Wildman–Crippen MR) is 102 cm³/mol. The van der Waals surface area contributed by atoms with E-state index in [4.69, 9.17) is 4.74 Å². The number of ether oxygens (including phenoxy) is 1. The molecule has 5 heteroatoms. The highest BCUT2D eigenvalue weighted by molar-refractivity contribution is 5.78. The van der Waals surface area contributed by atoms with Crippen LogP contribution in [0.3, 0.4) is 0 Å². The minimum absolute atomic E-state index is 0.366. The zero-order chi connectivity index (χ0) is 17.3. The number of nitrogens with zero attached hydrogens (tertiary/aromatic N) is 3. The van der Waals surface area contributed by atoms with Gasteiger partial charge < -0.3 is 14.6 Å². The van der Waals surface area contributed by atoms with Crippen LogP contribution in [0.1, 0.15) is 32.1 Å². The largest absolute Gasteiger partial charge is 0.490 e. The minimum Gasteiger partial charge on any atom is -0.490 e. The summed E-state index contributed by atoms with van der Waals surface area (Å²) >= 11 is 0. The second-order valence-corrected chi connectivity index (χ2v) is 7.46. The van der Waals surface area contributed by atoms with Crippen LogP contribution in [0.15, 0.2) is 42.7 Å². The van der Waals surface area contributed by atoms with Gasteiger partial charge in [-0.1, -0.05) is 6.42 Å². The summed E-state index contributed by atoms with van der Waals surface area (Å²) in [4.78, 5) is 14.7. The number of likely N-dealkylation sites (tertiary alicyclic amines) is 1. The second-order valence-electron chi connectivity index (χ2n) is 7.46. The zero-order valence-corrected chi connectivity index (χ0v) is 14.9. The Bertz CT molecular complexity index is 843. The van der Waals surface area contributed by atoms with E-state index in [2.05, 4.69) is 44.1 Å². The highest BCUT2D eigenvalue weighted by Crippen LogP contribution is 2.32. The van der Waals surface area contributed by atoms with Gasteiger partial charge in [0, 0.05) is 30.6 Å². The molecule has 0 spiro atoms. The normalized spacial score (nSPS) is 23.7. The van der Waals surface area contributed by atoms with Gasteiger partial charge in [0.1, 0.15) is 17.7 Å². The third kappa shape index (κ3) is 3.07. The lowest BCUT2D eigenvalue weighted by atomic mass is 9.86. The summed E-state index contributed by atoms with van der Waals surface area (Å²) in [6.07, 6.45) is 10.4. The number of rotatable bonds is 4. The predicted octanol–water partition coefficient (Wildman–Crippen LogP) is 4.02. The molecule has 0 atom stereocenters. The van der Waals surface area contributed by atoms with Crippen molar-refractivity contribution >= 4 is 11.0 Å². The molecule has 1 aromatic carbocycles. The lowest BCUT2D eigenvalue weighted by molar-refractivity contribution is 0.00893. The monoisotopic (exact) mass is 348 g/mol. The van der Waals surface area contributed by atoms with Gasteiger partial charge in [-0.3, -0.25) is 4.98 Å². The molecule has 2 aliphatic rings. The number of aromatic amines is 1. The third-order valence-corrected chi connectivity index (χ3v) is 5.69. The maximum absolute atomic E-state index is 6.15. The first-order chi connectivity index (χ1) is 12.8. The number of nitrogens with one attached hydrogen (secondary N) is 1. The van der Waals surface area contributed by atoms with Crippen molar-refractivity contribution in [2.45, 2.75) is 44.2 Å². The number of aromatic nitrogens is 3. The smallest absolute Gasteiger partial charge is 0.138 e. The Morgan fingerprint density at radius 1 is 1.00 bits per heavy atom. The first kappa shape index (κ1) is 15.8. The Morgan fingerprint density at radius 2 is 1.81 bits per heavy atom. The van der Waals surface area contributed by atoms with Crippen LogP contribution in [0.5, 0.6) is 5.75 Å². The summed E-state index contributed by atoms with van der Waals surface area (Å²) in [7, 11) is 0. The number of fused-ring (bicyclic) bond motifs is 1. The molecule has 134 valence electrons. The van der Waals surface area contributed by atoms with E-state index < -0.39 is 0 Å². The molecule has 2 fully saturated rings. The quantitative estimate of drug-likeness (QED) is 0.774. The van der Waals surface area contributed by atoms with Crippen molar-refractivity contribution < 1.29 is 4.74 Å². The van der Waals surface area contributed by atoms with Crippen LogP contribution in [0.4, 0.5) is 0 Å². The fourth-order valence-corrected chi connectivity index (χ4v) is 4.09. The van der Waals surface area contributed by atoms with Crippen LogP contribution in [-0.2, 0) is 0 Å². The molecule has 3 aromatic rings. The van der Waals surface area contributed by atoms with Crippen LogP contribution in [0, 0.1) is 0 Å². The number of benzene rings is 1. The molecule has 0 bridgehead atoms. The van der Waals surface area contributed by atoms with Gasteiger partial charge in [-0.05, 0) is 56.3 Å². The Balaban J connectivity index is 1.20. The van der Waals surface area contributed by atoms with E-state index in [-0.39, 0.29) is 0 Å². The Labute approximate surface area is 153 Å². The highest BCUT2D eigenvalue weighted by atomic mass is 16.5. The summed E-state index contributed by atoms with van der Waals surface area (Å²) in [5.74, 6) is 1.82. The summed E-state index contributed by atoms with van der Waals surface area (Å²) in [5.41, 5.74) is 2.96. The molecular weight excluding hydrogens is 324 g/mol. The third-order valence-electron chi connectivity index (χ3n) is 5.69. The summed E-state index contributed by atoms with van der Waals surface area (Å²) in [6.45, 7) is 2.55. The van der Waals surface area contributed by atoms with Crippen molar-refractivity contribution in [1.82, 2.24) is 19.9 Å². The molecule has 2 aromatic heterocycles. The van der Waals surface area contributed by atoms with E-state index in [0.717, 1.165) is 34.2 Å². The molecule has 1 aliphatic carbocycles. The number of hydrogen-bond acceptors (Lipinski definition) is 4. The molecule has 26 heavy (non-hydrogen) atoms. The molecule has 1 aliphatic heterocycles. The summed E-state index contributed by atoms with van der Waals surface area (Å²) < 4.78 is 6.15. The fraction of sp³-hybridized carbons (Fsp3) is 0.429. The molecule has 1 N–H and O–H groups in total. The molecule has 0 amide bonds. The SMILES string of the molecule is c1cc2nc(-c3ccc(O[C@H]4C[C@H](N5CCCCC5)C4)cc3)[nH]c2cn1. The van der Waals surface area contributed by atoms with Gasteiger partial charge >= 0.3 is 0 Å². The van der Waals surface area contributed by atoms with Crippen LogP contribution >= 0.6 is 0 Å².